The number of fused-ring (bicyclic) bond motifs is 1. The lowest BCUT2D eigenvalue weighted by atomic mass is 10.0. The van der Waals surface area contributed by atoms with Gasteiger partial charge in [-0.2, -0.15) is 4.98 Å². The number of hydrogen-bond donors (Lipinski definition) is 1. The summed E-state index contributed by atoms with van der Waals surface area (Å²) in [4.78, 5) is 14.5. The topological polar surface area (TPSA) is 81.2 Å². The molecular weight excluding hydrogens is 246 g/mol. The first-order valence-electron chi connectivity index (χ1n) is 6.19. The Morgan fingerprint density at radius 2 is 2.32 bits per heavy atom. The van der Waals surface area contributed by atoms with Gasteiger partial charge in [-0.15, -0.1) is 0 Å². The van der Waals surface area contributed by atoms with Gasteiger partial charge in [-0.1, -0.05) is 12.2 Å². The molecule has 0 fully saturated rings. The van der Waals surface area contributed by atoms with Crippen LogP contribution < -0.4 is 5.32 Å². The lowest BCUT2D eigenvalue weighted by Gasteiger charge is -2.17. The zero-order valence-corrected chi connectivity index (χ0v) is 10.2. The maximum atomic E-state index is 10.7. The van der Waals surface area contributed by atoms with Crippen LogP contribution in [0, 0.1) is 10.1 Å². The molecule has 1 aliphatic carbocycles. The number of aromatic nitrogens is 1. The number of rotatable bonds is 3. The summed E-state index contributed by atoms with van der Waals surface area (Å²) < 4.78 is 5.54. The molecule has 0 saturated heterocycles. The minimum absolute atomic E-state index is 0.0212. The van der Waals surface area contributed by atoms with Gasteiger partial charge in [0.2, 0.25) is 0 Å². The lowest BCUT2D eigenvalue weighted by Crippen LogP contribution is -2.20. The molecule has 1 aromatic heterocycles. The average Bonchev–Trinajstić information content (AvgIpc) is 2.80. The molecule has 6 heteroatoms. The first kappa shape index (κ1) is 11.7. The monoisotopic (exact) mass is 259 g/mol. The molecule has 1 aliphatic rings. The van der Waals surface area contributed by atoms with E-state index >= 15 is 0 Å². The standard InChI is InChI=1S/C13H13N3O3/c17-16(18)10-6-7-12-11(8-10)15-13(19-12)14-9-4-2-1-3-5-9/h1-2,6-9H,3-5H2,(H,14,15). The van der Waals surface area contributed by atoms with Gasteiger partial charge >= 0.3 is 0 Å². The third-order valence-electron chi connectivity index (χ3n) is 3.18. The number of nitro groups is 1. The third-order valence-corrected chi connectivity index (χ3v) is 3.18. The quantitative estimate of drug-likeness (QED) is 0.519. The van der Waals surface area contributed by atoms with Crippen LogP contribution in [-0.2, 0) is 0 Å². The Kier molecular flexibility index (Phi) is 2.91. The summed E-state index contributed by atoms with van der Waals surface area (Å²) in [5.74, 6) is 0. The van der Waals surface area contributed by atoms with E-state index in [1.165, 1.54) is 12.1 Å². The van der Waals surface area contributed by atoms with Crippen LogP contribution in [0.25, 0.3) is 11.1 Å². The molecule has 0 spiro atoms. The summed E-state index contributed by atoms with van der Waals surface area (Å²) >= 11 is 0. The molecule has 0 amide bonds. The Hall–Kier alpha value is -2.37. The van der Waals surface area contributed by atoms with Crippen LogP contribution in [0.15, 0.2) is 34.8 Å². The predicted molar refractivity (Wildman–Crippen MR) is 71.1 cm³/mol. The molecule has 1 unspecified atom stereocenters. The molecule has 1 aromatic carbocycles. The zero-order chi connectivity index (χ0) is 13.2. The van der Waals surface area contributed by atoms with Crippen molar-refractivity contribution in [3.63, 3.8) is 0 Å². The van der Waals surface area contributed by atoms with E-state index in [0.717, 1.165) is 19.3 Å². The number of oxazole rings is 1. The van der Waals surface area contributed by atoms with Crippen molar-refractivity contribution in [1.82, 2.24) is 4.98 Å². The fourth-order valence-electron chi connectivity index (χ4n) is 2.19. The lowest BCUT2D eigenvalue weighted by molar-refractivity contribution is -0.384. The largest absolute Gasteiger partial charge is 0.424 e. The Labute approximate surface area is 109 Å². The van der Waals surface area contributed by atoms with E-state index in [2.05, 4.69) is 22.5 Å². The van der Waals surface area contributed by atoms with E-state index in [-0.39, 0.29) is 5.69 Å². The molecule has 0 radical (unpaired) electrons. The Balaban J connectivity index is 1.84. The highest BCUT2D eigenvalue weighted by Crippen LogP contribution is 2.25. The highest BCUT2D eigenvalue weighted by atomic mass is 16.6. The minimum Gasteiger partial charge on any atom is -0.424 e. The van der Waals surface area contributed by atoms with E-state index in [1.807, 2.05) is 0 Å². The van der Waals surface area contributed by atoms with Crippen molar-refractivity contribution >= 4 is 22.8 Å². The van der Waals surface area contributed by atoms with E-state index < -0.39 is 4.92 Å². The number of non-ortho nitro benzene ring substituents is 1. The van der Waals surface area contributed by atoms with Crippen molar-refractivity contribution in [2.45, 2.75) is 25.3 Å². The second-order valence-corrected chi connectivity index (χ2v) is 4.55. The normalized spacial score (nSPS) is 18.6. The molecule has 1 N–H and O–H groups in total. The Bertz CT molecular complexity index is 648. The first-order chi connectivity index (χ1) is 9.22. The smallest absolute Gasteiger partial charge is 0.295 e. The summed E-state index contributed by atoms with van der Waals surface area (Å²) in [6, 6.07) is 5.15. The number of allylic oxidation sites excluding steroid dienone is 1. The maximum Gasteiger partial charge on any atom is 0.295 e. The minimum atomic E-state index is -0.437. The molecule has 3 rings (SSSR count). The molecule has 19 heavy (non-hydrogen) atoms. The van der Waals surface area contributed by atoms with Crippen LogP contribution in [0.1, 0.15) is 19.3 Å². The maximum absolute atomic E-state index is 10.7. The van der Waals surface area contributed by atoms with Crippen LogP contribution in [0.3, 0.4) is 0 Å². The van der Waals surface area contributed by atoms with Gasteiger partial charge in [-0.25, -0.2) is 0 Å². The van der Waals surface area contributed by atoms with Gasteiger partial charge in [0.1, 0.15) is 5.52 Å². The van der Waals surface area contributed by atoms with Crippen LogP contribution in [0.2, 0.25) is 0 Å². The van der Waals surface area contributed by atoms with Crippen LogP contribution in [-0.4, -0.2) is 15.9 Å². The zero-order valence-electron chi connectivity index (χ0n) is 10.2. The van der Waals surface area contributed by atoms with Crippen LogP contribution in [0.4, 0.5) is 11.7 Å². The van der Waals surface area contributed by atoms with Gasteiger partial charge in [-0.3, -0.25) is 10.1 Å². The van der Waals surface area contributed by atoms with Crippen molar-refractivity contribution in [3.05, 3.63) is 40.5 Å². The van der Waals surface area contributed by atoms with Crippen LogP contribution >= 0.6 is 0 Å². The number of nitrogens with one attached hydrogen (secondary N) is 1. The molecule has 1 atom stereocenters. The van der Waals surface area contributed by atoms with E-state index in [1.54, 1.807) is 6.07 Å². The molecule has 0 bridgehead atoms. The molecule has 0 saturated carbocycles. The van der Waals surface area contributed by atoms with Gasteiger partial charge in [0.25, 0.3) is 11.7 Å². The van der Waals surface area contributed by atoms with Gasteiger partial charge in [0.15, 0.2) is 5.58 Å². The van der Waals surface area contributed by atoms with Crippen molar-refractivity contribution < 1.29 is 9.34 Å². The predicted octanol–water partition coefficient (Wildman–Crippen LogP) is 3.26. The molecule has 1 heterocycles. The number of benzene rings is 1. The second-order valence-electron chi connectivity index (χ2n) is 4.55. The average molecular weight is 259 g/mol. The summed E-state index contributed by atoms with van der Waals surface area (Å²) in [6.45, 7) is 0. The molecular formula is C13H13N3O3. The molecule has 2 aromatic rings. The molecule has 98 valence electrons. The van der Waals surface area contributed by atoms with Crippen molar-refractivity contribution in [2.75, 3.05) is 5.32 Å². The number of nitrogens with zero attached hydrogens (tertiary/aromatic N) is 2. The van der Waals surface area contributed by atoms with E-state index in [0.29, 0.717) is 23.2 Å². The Morgan fingerprint density at radius 3 is 3.05 bits per heavy atom. The first-order valence-corrected chi connectivity index (χ1v) is 6.19. The Morgan fingerprint density at radius 1 is 1.42 bits per heavy atom. The summed E-state index contributed by atoms with van der Waals surface area (Å²) in [6.07, 6.45) is 7.32. The molecule has 6 nitrogen and oxygen atoms in total. The van der Waals surface area contributed by atoms with Gasteiger partial charge in [0.05, 0.1) is 4.92 Å². The van der Waals surface area contributed by atoms with Gasteiger partial charge < -0.3 is 9.73 Å². The number of anilines is 1. The van der Waals surface area contributed by atoms with Crippen molar-refractivity contribution in [3.8, 4) is 0 Å². The van der Waals surface area contributed by atoms with Crippen molar-refractivity contribution in [2.24, 2.45) is 0 Å². The fourth-order valence-corrected chi connectivity index (χ4v) is 2.19. The SMILES string of the molecule is O=[N+]([O-])c1ccc2oc(NC3CC=CCC3)nc2c1. The summed E-state index contributed by atoms with van der Waals surface area (Å²) in [5, 5.41) is 13.9. The van der Waals surface area contributed by atoms with E-state index in [4.69, 9.17) is 4.42 Å². The fraction of sp³-hybridized carbons (Fsp3) is 0.308. The summed E-state index contributed by atoms with van der Waals surface area (Å²) in [5.41, 5.74) is 1.08. The van der Waals surface area contributed by atoms with Crippen LogP contribution in [0.5, 0.6) is 0 Å². The van der Waals surface area contributed by atoms with Gasteiger partial charge in [0, 0.05) is 18.2 Å². The summed E-state index contributed by atoms with van der Waals surface area (Å²) in [7, 11) is 0. The molecule has 0 aliphatic heterocycles. The van der Waals surface area contributed by atoms with E-state index in [9.17, 15) is 10.1 Å². The third kappa shape index (κ3) is 2.42. The number of nitro benzene ring substituents is 1. The van der Waals surface area contributed by atoms with Crippen molar-refractivity contribution in [1.29, 1.82) is 0 Å². The van der Waals surface area contributed by atoms with Gasteiger partial charge in [-0.05, 0) is 25.3 Å². The number of hydrogen-bond acceptors (Lipinski definition) is 5. The second kappa shape index (κ2) is 4.72. The highest BCUT2D eigenvalue weighted by molar-refractivity contribution is 5.77. The highest BCUT2D eigenvalue weighted by Gasteiger charge is 2.15.